The zero-order valence-electron chi connectivity index (χ0n) is 14.1. The van der Waals surface area contributed by atoms with Gasteiger partial charge in [-0.05, 0) is 42.6 Å². The zero-order valence-corrected chi connectivity index (χ0v) is 14.1. The molecule has 0 heterocycles. The molecule has 0 bridgehead atoms. The molecule has 0 radical (unpaired) electrons. The number of fused-ring (bicyclic) bond motifs is 1. The van der Waals surface area contributed by atoms with Crippen LogP contribution in [0.1, 0.15) is 6.92 Å². The number of aliphatic hydroxyl groups is 1. The van der Waals surface area contributed by atoms with Crippen molar-refractivity contribution < 1.29 is 10.2 Å². The van der Waals surface area contributed by atoms with E-state index in [2.05, 4.69) is 15.1 Å². The van der Waals surface area contributed by atoms with Gasteiger partial charge in [0, 0.05) is 24.2 Å². The molecule has 0 amide bonds. The van der Waals surface area contributed by atoms with Crippen molar-refractivity contribution in [1.82, 2.24) is 0 Å². The van der Waals surface area contributed by atoms with Crippen LogP contribution in [0.4, 0.5) is 17.1 Å². The first kappa shape index (κ1) is 16.9. The summed E-state index contributed by atoms with van der Waals surface area (Å²) < 4.78 is 0. The molecule has 0 saturated carbocycles. The molecule has 0 spiro atoms. The van der Waals surface area contributed by atoms with Crippen LogP contribution in [0.5, 0.6) is 5.75 Å². The van der Waals surface area contributed by atoms with E-state index in [0.717, 1.165) is 23.0 Å². The van der Waals surface area contributed by atoms with Crippen molar-refractivity contribution in [2.45, 2.75) is 6.92 Å². The predicted molar refractivity (Wildman–Crippen MR) is 101 cm³/mol. The highest BCUT2D eigenvalue weighted by Gasteiger charge is 2.06. The molecule has 128 valence electrons. The number of rotatable bonds is 6. The van der Waals surface area contributed by atoms with E-state index < -0.39 is 0 Å². The maximum absolute atomic E-state index is 10.1. The van der Waals surface area contributed by atoms with Crippen LogP contribution in [-0.4, -0.2) is 29.9 Å². The molecule has 3 aromatic rings. The Balaban J connectivity index is 1.87. The van der Waals surface area contributed by atoms with Crippen LogP contribution in [0.2, 0.25) is 0 Å². The van der Waals surface area contributed by atoms with E-state index in [1.165, 1.54) is 0 Å². The molecule has 0 aliphatic heterocycles. The van der Waals surface area contributed by atoms with Crippen molar-refractivity contribution in [3.8, 4) is 5.75 Å². The van der Waals surface area contributed by atoms with Crippen molar-refractivity contribution in [1.29, 1.82) is 0 Å². The number of phenols is 1. The summed E-state index contributed by atoms with van der Waals surface area (Å²) in [4.78, 5) is 2.08. The fraction of sp³-hybridized carbons (Fsp3) is 0.200. The van der Waals surface area contributed by atoms with E-state index in [9.17, 15) is 5.11 Å². The molecule has 5 nitrogen and oxygen atoms in total. The number of benzene rings is 3. The lowest BCUT2D eigenvalue weighted by molar-refractivity contribution is 0.302. The molecule has 0 aliphatic rings. The third-order valence-corrected chi connectivity index (χ3v) is 4.11. The van der Waals surface area contributed by atoms with Crippen LogP contribution in [0.25, 0.3) is 10.8 Å². The standard InChI is InChI=1S/C20H21N3O2/c1-2-23(13-14-24)17-10-8-16(9-11-17)21-22-20-18-6-4-3-5-15(18)7-12-19(20)25/h3-12,24-25H,2,13-14H2,1H3. The van der Waals surface area contributed by atoms with E-state index in [4.69, 9.17) is 5.11 Å². The van der Waals surface area contributed by atoms with Crippen LogP contribution in [0.15, 0.2) is 70.9 Å². The van der Waals surface area contributed by atoms with Gasteiger partial charge in [-0.1, -0.05) is 30.3 Å². The number of aromatic hydroxyl groups is 1. The van der Waals surface area contributed by atoms with Gasteiger partial charge in [-0.15, -0.1) is 5.11 Å². The van der Waals surface area contributed by atoms with Crippen LogP contribution >= 0.6 is 0 Å². The van der Waals surface area contributed by atoms with E-state index in [0.29, 0.717) is 17.9 Å². The van der Waals surface area contributed by atoms with E-state index >= 15 is 0 Å². The Labute approximate surface area is 146 Å². The summed E-state index contributed by atoms with van der Waals surface area (Å²) in [6.07, 6.45) is 0. The topological polar surface area (TPSA) is 68.4 Å². The monoisotopic (exact) mass is 335 g/mol. The van der Waals surface area contributed by atoms with E-state index in [1.54, 1.807) is 6.07 Å². The zero-order chi connectivity index (χ0) is 17.6. The van der Waals surface area contributed by atoms with Gasteiger partial charge in [0.1, 0.15) is 11.4 Å². The highest BCUT2D eigenvalue weighted by atomic mass is 16.3. The molecule has 3 aromatic carbocycles. The molecule has 0 aliphatic carbocycles. The Morgan fingerprint density at radius 3 is 2.40 bits per heavy atom. The lowest BCUT2D eigenvalue weighted by Crippen LogP contribution is -2.25. The largest absolute Gasteiger partial charge is 0.506 e. The van der Waals surface area contributed by atoms with Crippen LogP contribution in [0, 0.1) is 0 Å². The second-order valence-electron chi connectivity index (χ2n) is 5.67. The molecule has 5 heteroatoms. The molecule has 2 N–H and O–H groups in total. The summed E-state index contributed by atoms with van der Waals surface area (Å²) >= 11 is 0. The maximum Gasteiger partial charge on any atom is 0.143 e. The molecule has 3 rings (SSSR count). The predicted octanol–water partition coefficient (Wildman–Crippen LogP) is 4.78. The Morgan fingerprint density at radius 1 is 0.920 bits per heavy atom. The van der Waals surface area contributed by atoms with Crippen molar-refractivity contribution in [2.24, 2.45) is 10.2 Å². The highest BCUT2D eigenvalue weighted by Crippen LogP contribution is 2.36. The minimum absolute atomic E-state index is 0.110. The Morgan fingerprint density at radius 2 is 1.68 bits per heavy atom. The Hall–Kier alpha value is -2.92. The third kappa shape index (κ3) is 3.78. The number of hydrogen-bond acceptors (Lipinski definition) is 5. The fourth-order valence-electron chi connectivity index (χ4n) is 2.78. The maximum atomic E-state index is 10.1. The summed E-state index contributed by atoms with van der Waals surface area (Å²) in [6.45, 7) is 3.59. The normalized spacial score (nSPS) is 11.3. The first-order valence-corrected chi connectivity index (χ1v) is 8.31. The first-order chi connectivity index (χ1) is 12.2. The van der Waals surface area contributed by atoms with Crippen molar-refractivity contribution in [2.75, 3.05) is 24.6 Å². The van der Waals surface area contributed by atoms with Gasteiger partial charge in [-0.2, -0.15) is 5.11 Å². The SMILES string of the molecule is CCN(CCO)c1ccc(N=Nc2c(O)ccc3ccccc23)cc1. The number of anilines is 1. The number of aliphatic hydroxyl groups excluding tert-OH is 1. The fourth-order valence-corrected chi connectivity index (χ4v) is 2.78. The molecule has 0 atom stereocenters. The number of hydrogen-bond donors (Lipinski definition) is 2. The lowest BCUT2D eigenvalue weighted by atomic mass is 10.1. The number of likely N-dealkylation sites (N-methyl/N-ethyl adjacent to an activating group) is 1. The van der Waals surface area contributed by atoms with Gasteiger partial charge < -0.3 is 15.1 Å². The molecule has 0 saturated heterocycles. The van der Waals surface area contributed by atoms with Gasteiger partial charge in [0.15, 0.2) is 0 Å². The van der Waals surface area contributed by atoms with Crippen LogP contribution in [0.3, 0.4) is 0 Å². The summed E-state index contributed by atoms with van der Waals surface area (Å²) in [5.74, 6) is 0.110. The van der Waals surface area contributed by atoms with Crippen LogP contribution in [-0.2, 0) is 0 Å². The minimum Gasteiger partial charge on any atom is -0.506 e. The molecular formula is C20H21N3O2. The van der Waals surface area contributed by atoms with Gasteiger partial charge in [0.2, 0.25) is 0 Å². The van der Waals surface area contributed by atoms with Crippen molar-refractivity contribution in [3.63, 3.8) is 0 Å². The third-order valence-electron chi connectivity index (χ3n) is 4.11. The lowest BCUT2D eigenvalue weighted by Gasteiger charge is -2.21. The number of phenolic OH excluding ortho intramolecular Hbond substituents is 1. The number of azo groups is 1. The first-order valence-electron chi connectivity index (χ1n) is 8.31. The van der Waals surface area contributed by atoms with Gasteiger partial charge in [-0.3, -0.25) is 0 Å². The van der Waals surface area contributed by atoms with Crippen molar-refractivity contribution >= 4 is 27.8 Å². The number of nitrogens with zero attached hydrogens (tertiary/aromatic N) is 3. The summed E-state index contributed by atoms with van der Waals surface area (Å²) in [7, 11) is 0. The van der Waals surface area contributed by atoms with E-state index in [-0.39, 0.29) is 12.4 Å². The average molecular weight is 335 g/mol. The summed E-state index contributed by atoms with van der Waals surface area (Å²) in [5.41, 5.74) is 2.21. The summed E-state index contributed by atoms with van der Waals surface area (Å²) in [6, 6.07) is 18.9. The molecule has 0 unspecified atom stereocenters. The van der Waals surface area contributed by atoms with Gasteiger partial charge >= 0.3 is 0 Å². The second kappa shape index (κ2) is 7.77. The summed E-state index contributed by atoms with van der Waals surface area (Å²) in [5, 5.41) is 29.6. The molecule has 0 fully saturated rings. The molecular weight excluding hydrogens is 314 g/mol. The molecule has 0 aromatic heterocycles. The van der Waals surface area contributed by atoms with E-state index in [1.807, 2.05) is 61.5 Å². The Bertz CT molecular complexity index is 876. The van der Waals surface area contributed by atoms with Gasteiger partial charge in [-0.25, -0.2) is 0 Å². The van der Waals surface area contributed by atoms with Gasteiger partial charge in [0.05, 0.1) is 12.3 Å². The smallest absolute Gasteiger partial charge is 0.143 e. The average Bonchev–Trinajstić information content (AvgIpc) is 2.66. The van der Waals surface area contributed by atoms with Crippen molar-refractivity contribution in [3.05, 3.63) is 60.7 Å². The van der Waals surface area contributed by atoms with Gasteiger partial charge in [0.25, 0.3) is 0 Å². The Kier molecular flexibility index (Phi) is 5.26. The quantitative estimate of drug-likeness (QED) is 0.637. The molecule has 25 heavy (non-hydrogen) atoms. The van der Waals surface area contributed by atoms with Crippen LogP contribution < -0.4 is 4.90 Å². The minimum atomic E-state index is 0.110. The highest BCUT2D eigenvalue weighted by molar-refractivity contribution is 5.95. The second-order valence-corrected chi connectivity index (χ2v) is 5.67.